The highest BCUT2D eigenvalue weighted by atomic mass is 35.5. The molecule has 0 saturated heterocycles. The summed E-state index contributed by atoms with van der Waals surface area (Å²) >= 11 is 0. The largest absolute Gasteiger partial charge is 1.00 e. The van der Waals surface area contributed by atoms with Gasteiger partial charge in [0.15, 0.2) is 0 Å². The van der Waals surface area contributed by atoms with Crippen molar-refractivity contribution in [2.24, 2.45) is 0 Å². The summed E-state index contributed by atoms with van der Waals surface area (Å²) in [5.74, 6) is 0.205. The second-order valence-corrected chi connectivity index (χ2v) is 7.94. The molecule has 25 heavy (non-hydrogen) atoms. The lowest BCUT2D eigenvalue weighted by atomic mass is 10.0. The molecule has 0 aliphatic carbocycles. The van der Waals surface area contributed by atoms with Crippen LogP contribution in [0.15, 0.2) is 0 Å². The van der Waals surface area contributed by atoms with Crippen molar-refractivity contribution in [3.63, 3.8) is 0 Å². The SMILES string of the molecule is CCCCCCCCCCCCCCCC(=O)N[N+](C)(C)CCC.[Cl-]. The van der Waals surface area contributed by atoms with Crippen molar-refractivity contribution in [1.29, 1.82) is 0 Å². The highest BCUT2D eigenvalue weighted by Gasteiger charge is 2.16. The Hall–Kier alpha value is -0.280. The number of nitrogens with zero attached hydrogens (tertiary/aromatic N) is 1. The maximum absolute atomic E-state index is 11.9. The minimum absolute atomic E-state index is 0. The fourth-order valence-corrected chi connectivity index (χ4v) is 3.31. The Morgan fingerprint density at radius 3 is 1.48 bits per heavy atom. The summed E-state index contributed by atoms with van der Waals surface area (Å²) in [5.41, 5.74) is 3.10. The Balaban J connectivity index is 0. The predicted molar refractivity (Wildman–Crippen MR) is 106 cm³/mol. The van der Waals surface area contributed by atoms with Gasteiger partial charge in [0.05, 0.1) is 14.1 Å². The number of quaternary nitrogens is 1. The maximum atomic E-state index is 11.9. The second-order valence-electron chi connectivity index (χ2n) is 7.94. The number of unbranched alkanes of at least 4 members (excludes halogenated alkanes) is 12. The van der Waals surface area contributed by atoms with E-state index in [1.54, 1.807) is 0 Å². The Labute approximate surface area is 164 Å². The minimum atomic E-state index is 0. The molecule has 1 N–H and O–H groups in total. The lowest BCUT2D eigenvalue weighted by Gasteiger charge is -2.28. The van der Waals surface area contributed by atoms with E-state index in [-0.39, 0.29) is 18.3 Å². The first-order valence-corrected chi connectivity index (χ1v) is 10.7. The normalized spacial score (nSPS) is 11.2. The van der Waals surface area contributed by atoms with Gasteiger partial charge < -0.3 is 12.4 Å². The van der Waals surface area contributed by atoms with E-state index >= 15 is 0 Å². The van der Waals surface area contributed by atoms with Crippen LogP contribution in [-0.2, 0) is 4.79 Å². The fraction of sp³-hybridized carbons (Fsp3) is 0.952. The summed E-state index contributed by atoms with van der Waals surface area (Å²) in [4.78, 5) is 11.9. The molecule has 0 saturated carbocycles. The topological polar surface area (TPSA) is 29.1 Å². The standard InChI is InChI=1S/C21H44N2O.ClH/c1-5-7-8-9-10-11-12-13-14-15-16-17-18-19-21(24)22-23(3,4)20-6-2;/h5-20H2,1-4H3;1H. The summed E-state index contributed by atoms with van der Waals surface area (Å²) < 4.78 is 0.605. The molecule has 0 aromatic rings. The molecule has 0 unspecified atom stereocenters. The Morgan fingerprint density at radius 1 is 0.680 bits per heavy atom. The molecule has 3 nitrogen and oxygen atoms in total. The highest BCUT2D eigenvalue weighted by molar-refractivity contribution is 5.74. The zero-order valence-electron chi connectivity index (χ0n) is 17.5. The molecule has 0 atom stereocenters. The molecule has 0 radical (unpaired) electrons. The van der Waals surface area contributed by atoms with E-state index in [1.807, 2.05) is 0 Å². The van der Waals surface area contributed by atoms with Crippen LogP contribution in [0.2, 0.25) is 0 Å². The van der Waals surface area contributed by atoms with E-state index in [9.17, 15) is 4.79 Å². The van der Waals surface area contributed by atoms with Crippen LogP contribution in [0.25, 0.3) is 0 Å². The van der Waals surface area contributed by atoms with Gasteiger partial charge in [-0.25, -0.2) is 10.0 Å². The third-order valence-corrected chi connectivity index (χ3v) is 4.72. The molecule has 0 fully saturated rings. The molecular formula is C21H45ClN2O. The van der Waals surface area contributed by atoms with Crippen molar-refractivity contribution in [1.82, 2.24) is 5.43 Å². The summed E-state index contributed by atoms with van der Waals surface area (Å²) in [5, 5.41) is 0. The third-order valence-electron chi connectivity index (χ3n) is 4.72. The monoisotopic (exact) mass is 376 g/mol. The van der Waals surface area contributed by atoms with Gasteiger partial charge >= 0.3 is 0 Å². The Bertz CT molecular complexity index is 296. The quantitative estimate of drug-likeness (QED) is 0.236. The van der Waals surface area contributed by atoms with E-state index < -0.39 is 0 Å². The first-order chi connectivity index (χ1) is 11.5. The van der Waals surface area contributed by atoms with E-state index in [0.717, 1.165) is 19.4 Å². The van der Waals surface area contributed by atoms with E-state index in [2.05, 4.69) is 33.4 Å². The van der Waals surface area contributed by atoms with Crippen LogP contribution < -0.4 is 17.8 Å². The smallest absolute Gasteiger partial charge is 0.264 e. The summed E-state index contributed by atoms with van der Waals surface area (Å²) in [7, 11) is 4.12. The molecular weight excluding hydrogens is 332 g/mol. The van der Waals surface area contributed by atoms with Crippen molar-refractivity contribution in [2.45, 2.75) is 110 Å². The second kappa shape index (κ2) is 18.5. The molecule has 0 bridgehead atoms. The van der Waals surface area contributed by atoms with Crippen LogP contribution in [0.3, 0.4) is 0 Å². The van der Waals surface area contributed by atoms with Crippen molar-refractivity contribution in [2.75, 3.05) is 20.6 Å². The molecule has 4 heteroatoms. The molecule has 0 aromatic heterocycles. The zero-order chi connectivity index (χ0) is 18.1. The minimum Gasteiger partial charge on any atom is -1.00 e. The van der Waals surface area contributed by atoms with Gasteiger partial charge in [-0.3, -0.25) is 4.79 Å². The van der Waals surface area contributed by atoms with Crippen LogP contribution in [0.5, 0.6) is 0 Å². The third kappa shape index (κ3) is 19.9. The Kier molecular flexibility index (Phi) is 19.9. The summed E-state index contributed by atoms with van der Waals surface area (Å²) in [6.45, 7) is 5.42. The van der Waals surface area contributed by atoms with Crippen molar-refractivity contribution >= 4 is 5.91 Å². The van der Waals surface area contributed by atoms with E-state index in [4.69, 9.17) is 0 Å². The van der Waals surface area contributed by atoms with Gasteiger partial charge in [0.2, 0.25) is 0 Å². The van der Waals surface area contributed by atoms with E-state index in [1.165, 1.54) is 77.0 Å². The molecule has 0 spiro atoms. The first-order valence-electron chi connectivity index (χ1n) is 10.7. The lowest BCUT2D eigenvalue weighted by molar-refractivity contribution is -0.925. The van der Waals surface area contributed by atoms with Gasteiger partial charge in [-0.15, -0.1) is 0 Å². The highest BCUT2D eigenvalue weighted by Crippen LogP contribution is 2.13. The van der Waals surface area contributed by atoms with Crippen LogP contribution in [0.1, 0.15) is 110 Å². The van der Waals surface area contributed by atoms with Gasteiger partial charge in [-0.05, 0) is 12.8 Å². The van der Waals surface area contributed by atoms with Gasteiger partial charge in [0.25, 0.3) is 5.91 Å². The molecule has 1 amide bonds. The van der Waals surface area contributed by atoms with Crippen molar-refractivity contribution < 1.29 is 21.8 Å². The Morgan fingerprint density at radius 2 is 1.08 bits per heavy atom. The van der Waals surface area contributed by atoms with Crippen LogP contribution >= 0.6 is 0 Å². The molecule has 0 rings (SSSR count). The van der Waals surface area contributed by atoms with Gasteiger partial charge in [0.1, 0.15) is 6.54 Å². The summed E-state index contributed by atoms with van der Waals surface area (Å²) in [6.07, 6.45) is 19.3. The number of carbonyl (C=O) groups excluding carboxylic acids is 1. The number of amides is 1. The van der Waals surface area contributed by atoms with E-state index in [0.29, 0.717) is 11.0 Å². The van der Waals surface area contributed by atoms with Gasteiger partial charge in [0, 0.05) is 6.42 Å². The number of rotatable bonds is 17. The molecule has 152 valence electrons. The maximum Gasteiger partial charge on any atom is 0.264 e. The lowest BCUT2D eigenvalue weighted by Crippen LogP contribution is -3.00. The number of carbonyl (C=O) groups is 1. The van der Waals surface area contributed by atoms with Crippen LogP contribution in [-0.4, -0.2) is 31.1 Å². The van der Waals surface area contributed by atoms with Crippen LogP contribution in [0.4, 0.5) is 0 Å². The van der Waals surface area contributed by atoms with Crippen molar-refractivity contribution in [3.05, 3.63) is 0 Å². The number of halogens is 1. The number of hydrogen-bond donors (Lipinski definition) is 1. The number of nitrogens with one attached hydrogen (secondary N) is 1. The molecule has 0 heterocycles. The van der Waals surface area contributed by atoms with Crippen LogP contribution in [0, 0.1) is 0 Å². The molecule has 0 aromatic carbocycles. The zero-order valence-corrected chi connectivity index (χ0v) is 18.3. The summed E-state index contributed by atoms with van der Waals surface area (Å²) in [6, 6.07) is 0. The van der Waals surface area contributed by atoms with Crippen molar-refractivity contribution in [3.8, 4) is 0 Å². The fourth-order valence-electron chi connectivity index (χ4n) is 3.31. The molecule has 0 aliphatic rings. The average molecular weight is 377 g/mol. The number of hydrogen-bond acceptors (Lipinski definition) is 1. The van der Waals surface area contributed by atoms with Gasteiger partial charge in [-0.1, -0.05) is 90.9 Å². The molecule has 0 aliphatic heterocycles. The van der Waals surface area contributed by atoms with Gasteiger partial charge in [-0.2, -0.15) is 0 Å². The first kappa shape index (κ1) is 26.9. The average Bonchev–Trinajstić information content (AvgIpc) is 2.51. The predicted octanol–water partition coefficient (Wildman–Crippen LogP) is 2.99.